The van der Waals surface area contributed by atoms with Gasteiger partial charge < -0.3 is 14.0 Å². The largest absolute Gasteiger partial charge is 0.497 e. The molecular weight excluding hydrogens is 476 g/mol. The van der Waals surface area contributed by atoms with Crippen molar-refractivity contribution in [3.05, 3.63) is 69.8 Å². The summed E-state index contributed by atoms with van der Waals surface area (Å²) in [6, 6.07) is 15.9. The molecule has 0 unspecified atom stereocenters. The van der Waals surface area contributed by atoms with Gasteiger partial charge in [0.05, 0.1) is 22.7 Å². The molecule has 5 nitrogen and oxygen atoms in total. The maximum atomic E-state index is 13.5. The van der Waals surface area contributed by atoms with Crippen molar-refractivity contribution in [2.75, 3.05) is 7.11 Å². The highest BCUT2D eigenvalue weighted by Crippen LogP contribution is 2.39. The van der Waals surface area contributed by atoms with Crippen molar-refractivity contribution >= 4 is 44.1 Å². The quantitative estimate of drug-likeness (QED) is 0.293. The molecular formula is C24H23BrN2O3S. The van der Waals surface area contributed by atoms with Crippen molar-refractivity contribution in [2.24, 2.45) is 0 Å². The monoisotopic (exact) mass is 498 g/mol. The first kappa shape index (κ1) is 21.6. The molecule has 160 valence electrons. The standard InChI is InChI=1S/C24H23BrN2O3S/c1-24(2,3)30-23(28)21-20(22-26-13-19(25)31-22)17-10-5-6-11-18(17)27(21)14-15-8-7-9-16(12-15)29-4/h5-13H,14H2,1-4H3. The lowest BCUT2D eigenvalue weighted by Gasteiger charge is -2.21. The van der Waals surface area contributed by atoms with Crippen molar-refractivity contribution in [1.82, 2.24) is 9.55 Å². The molecule has 0 saturated carbocycles. The lowest BCUT2D eigenvalue weighted by molar-refractivity contribution is 0.00597. The average molecular weight is 499 g/mol. The predicted molar refractivity (Wildman–Crippen MR) is 128 cm³/mol. The predicted octanol–water partition coefficient (Wildman–Crippen LogP) is 6.54. The van der Waals surface area contributed by atoms with E-state index in [4.69, 9.17) is 9.47 Å². The van der Waals surface area contributed by atoms with E-state index in [1.54, 1.807) is 13.3 Å². The minimum Gasteiger partial charge on any atom is -0.497 e. The number of thiazole rings is 1. The lowest BCUT2D eigenvalue weighted by Crippen LogP contribution is -2.26. The molecule has 0 amide bonds. The number of hydrogen-bond donors (Lipinski definition) is 0. The summed E-state index contributed by atoms with van der Waals surface area (Å²) in [6.07, 6.45) is 1.76. The molecule has 2 aromatic carbocycles. The van der Waals surface area contributed by atoms with Gasteiger partial charge in [0.1, 0.15) is 22.1 Å². The van der Waals surface area contributed by atoms with Gasteiger partial charge in [-0.1, -0.05) is 30.3 Å². The van der Waals surface area contributed by atoms with Crippen LogP contribution in [0.3, 0.4) is 0 Å². The second kappa shape index (κ2) is 8.48. The summed E-state index contributed by atoms with van der Waals surface area (Å²) in [6.45, 7) is 6.12. The molecule has 0 spiro atoms. The highest BCUT2D eigenvalue weighted by atomic mass is 79.9. The van der Waals surface area contributed by atoms with E-state index < -0.39 is 5.60 Å². The summed E-state index contributed by atoms with van der Waals surface area (Å²) in [4.78, 5) is 18.0. The molecule has 0 saturated heterocycles. The number of para-hydroxylation sites is 1. The zero-order valence-corrected chi connectivity index (χ0v) is 20.2. The molecule has 0 N–H and O–H groups in total. The number of hydrogen-bond acceptors (Lipinski definition) is 5. The number of ether oxygens (including phenoxy) is 2. The number of aromatic nitrogens is 2. The molecule has 2 heterocycles. The Bertz CT molecular complexity index is 1250. The number of esters is 1. The van der Waals surface area contributed by atoms with Crippen LogP contribution in [0.5, 0.6) is 5.75 Å². The zero-order valence-electron chi connectivity index (χ0n) is 17.8. The molecule has 0 atom stereocenters. The first-order valence-electron chi connectivity index (χ1n) is 9.86. The van der Waals surface area contributed by atoms with Gasteiger partial charge in [-0.2, -0.15) is 0 Å². The van der Waals surface area contributed by atoms with Crippen LogP contribution in [0.4, 0.5) is 0 Å². The summed E-state index contributed by atoms with van der Waals surface area (Å²) in [5.41, 5.74) is 2.66. The molecule has 0 aliphatic carbocycles. The van der Waals surface area contributed by atoms with E-state index >= 15 is 0 Å². The Morgan fingerprint density at radius 1 is 1.16 bits per heavy atom. The molecule has 4 rings (SSSR count). The molecule has 31 heavy (non-hydrogen) atoms. The Hall–Kier alpha value is -2.64. The van der Waals surface area contributed by atoms with Crippen molar-refractivity contribution in [1.29, 1.82) is 0 Å². The summed E-state index contributed by atoms with van der Waals surface area (Å²) in [5.74, 6) is 0.407. The smallest absolute Gasteiger partial charge is 0.356 e. The van der Waals surface area contributed by atoms with Crippen LogP contribution in [-0.2, 0) is 11.3 Å². The van der Waals surface area contributed by atoms with Gasteiger partial charge in [0.15, 0.2) is 0 Å². The van der Waals surface area contributed by atoms with Crippen LogP contribution in [0, 0.1) is 0 Å². The van der Waals surface area contributed by atoms with Gasteiger partial charge in [0.2, 0.25) is 0 Å². The van der Waals surface area contributed by atoms with Crippen molar-refractivity contribution < 1.29 is 14.3 Å². The first-order chi connectivity index (χ1) is 14.8. The second-order valence-electron chi connectivity index (χ2n) is 8.15. The molecule has 7 heteroatoms. The fourth-order valence-electron chi connectivity index (χ4n) is 3.55. The van der Waals surface area contributed by atoms with Crippen LogP contribution in [0.2, 0.25) is 0 Å². The normalized spacial score (nSPS) is 11.6. The van der Waals surface area contributed by atoms with E-state index in [-0.39, 0.29) is 5.97 Å². The van der Waals surface area contributed by atoms with Crippen LogP contribution >= 0.6 is 27.3 Å². The number of methoxy groups -OCH3 is 1. The van der Waals surface area contributed by atoms with Gasteiger partial charge in [-0.3, -0.25) is 0 Å². The number of carbonyl (C=O) groups excluding carboxylic acids is 1. The van der Waals surface area contributed by atoms with Crippen LogP contribution in [0.1, 0.15) is 36.8 Å². The number of nitrogens with zero attached hydrogens (tertiary/aromatic N) is 2. The second-order valence-corrected chi connectivity index (χ2v) is 10.6. The summed E-state index contributed by atoms with van der Waals surface area (Å²) in [7, 11) is 1.65. The van der Waals surface area contributed by atoms with E-state index in [1.165, 1.54) is 11.3 Å². The molecule has 0 fully saturated rings. The fraction of sp³-hybridized carbons (Fsp3) is 0.250. The van der Waals surface area contributed by atoms with Gasteiger partial charge in [0.25, 0.3) is 0 Å². The van der Waals surface area contributed by atoms with Gasteiger partial charge >= 0.3 is 5.97 Å². The third-order valence-electron chi connectivity index (χ3n) is 4.73. The topological polar surface area (TPSA) is 53.4 Å². The zero-order chi connectivity index (χ0) is 22.2. The first-order valence-corrected chi connectivity index (χ1v) is 11.5. The van der Waals surface area contributed by atoms with Crippen molar-refractivity contribution in [2.45, 2.75) is 32.9 Å². The number of benzene rings is 2. The summed E-state index contributed by atoms with van der Waals surface area (Å²) < 4.78 is 14.1. The SMILES string of the molecule is COc1cccc(Cn2c(C(=O)OC(C)(C)C)c(-c3ncc(Br)s3)c3ccccc32)c1. The minimum absolute atomic E-state index is 0.368. The van der Waals surface area contributed by atoms with Crippen LogP contribution in [0.15, 0.2) is 58.5 Å². The maximum Gasteiger partial charge on any atom is 0.356 e. The number of fused-ring (bicyclic) bond motifs is 1. The number of halogens is 1. The van der Waals surface area contributed by atoms with Crippen LogP contribution in [-0.4, -0.2) is 28.2 Å². The minimum atomic E-state index is -0.616. The molecule has 0 aliphatic heterocycles. The third kappa shape index (κ3) is 4.52. The molecule has 0 aliphatic rings. The molecule has 0 bridgehead atoms. The molecule has 2 aromatic heterocycles. The van der Waals surface area contributed by atoms with Crippen LogP contribution < -0.4 is 4.74 Å². The Morgan fingerprint density at radius 2 is 1.94 bits per heavy atom. The molecule has 4 aromatic rings. The lowest BCUT2D eigenvalue weighted by atomic mass is 10.1. The van der Waals surface area contributed by atoms with E-state index in [9.17, 15) is 4.79 Å². The Balaban J connectivity index is 1.97. The molecule has 0 radical (unpaired) electrons. The van der Waals surface area contributed by atoms with Gasteiger partial charge in [-0.15, -0.1) is 11.3 Å². The van der Waals surface area contributed by atoms with E-state index in [2.05, 4.69) is 20.9 Å². The number of rotatable bonds is 5. The average Bonchev–Trinajstić information content (AvgIpc) is 3.28. The van der Waals surface area contributed by atoms with Crippen molar-refractivity contribution in [3.8, 4) is 16.3 Å². The fourth-order valence-corrected chi connectivity index (χ4v) is 4.81. The van der Waals surface area contributed by atoms with Crippen molar-refractivity contribution in [3.63, 3.8) is 0 Å². The Labute approximate surface area is 193 Å². The Kier molecular flexibility index (Phi) is 5.90. The highest BCUT2D eigenvalue weighted by molar-refractivity contribution is 9.11. The van der Waals surface area contributed by atoms with E-state index in [1.807, 2.05) is 73.9 Å². The third-order valence-corrected chi connectivity index (χ3v) is 6.22. The van der Waals surface area contributed by atoms with Crippen LogP contribution in [0.25, 0.3) is 21.5 Å². The Morgan fingerprint density at radius 3 is 2.61 bits per heavy atom. The van der Waals surface area contributed by atoms with E-state index in [0.717, 1.165) is 36.6 Å². The van der Waals surface area contributed by atoms with Gasteiger partial charge in [-0.25, -0.2) is 9.78 Å². The maximum absolute atomic E-state index is 13.5. The number of carbonyl (C=O) groups is 1. The van der Waals surface area contributed by atoms with E-state index in [0.29, 0.717) is 12.2 Å². The van der Waals surface area contributed by atoms with Gasteiger partial charge in [0, 0.05) is 17.4 Å². The van der Waals surface area contributed by atoms with Gasteiger partial charge in [-0.05, 0) is 60.5 Å². The summed E-state index contributed by atoms with van der Waals surface area (Å²) in [5, 5.41) is 1.74. The summed E-state index contributed by atoms with van der Waals surface area (Å²) >= 11 is 4.99. The highest BCUT2D eigenvalue weighted by Gasteiger charge is 2.29.